The van der Waals surface area contributed by atoms with E-state index < -0.39 is 4.92 Å². The van der Waals surface area contributed by atoms with Crippen molar-refractivity contribution in [3.8, 4) is 5.75 Å². The molecule has 0 heterocycles. The van der Waals surface area contributed by atoms with E-state index in [1.807, 2.05) is 0 Å². The fourth-order valence-electron chi connectivity index (χ4n) is 2.83. The van der Waals surface area contributed by atoms with Crippen molar-refractivity contribution in [3.05, 3.63) is 28.3 Å². The molecule has 0 spiro atoms. The molecule has 0 radical (unpaired) electrons. The SMILES string of the molecule is COc1cc(NCCCC2CCCC2)cc([N+](=O)[O-])c1. The molecule has 0 aromatic heterocycles. The fourth-order valence-corrected chi connectivity index (χ4v) is 2.83. The molecule has 1 N–H and O–H groups in total. The predicted octanol–water partition coefficient (Wildman–Crippen LogP) is 3.99. The minimum atomic E-state index is -0.397. The molecule has 1 aromatic rings. The number of nitrogens with one attached hydrogen (secondary N) is 1. The second-order valence-electron chi connectivity index (χ2n) is 5.40. The van der Waals surface area contributed by atoms with Gasteiger partial charge in [-0.15, -0.1) is 0 Å². The van der Waals surface area contributed by atoms with Crippen molar-refractivity contribution < 1.29 is 9.66 Å². The van der Waals surface area contributed by atoms with Crippen molar-refractivity contribution in [2.24, 2.45) is 5.92 Å². The van der Waals surface area contributed by atoms with E-state index in [1.54, 1.807) is 12.1 Å². The highest BCUT2D eigenvalue weighted by Crippen LogP contribution is 2.29. The van der Waals surface area contributed by atoms with E-state index in [2.05, 4.69) is 5.32 Å². The first kappa shape index (κ1) is 14.6. The average molecular weight is 278 g/mol. The van der Waals surface area contributed by atoms with E-state index in [9.17, 15) is 10.1 Å². The predicted molar refractivity (Wildman–Crippen MR) is 79.3 cm³/mol. The third-order valence-electron chi connectivity index (χ3n) is 3.93. The summed E-state index contributed by atoms with van der Waals surface area (Å²) in [5.41, 5.74) is 0.810. The first-order chi connectivity index (χ1) is 9.69. The summed E-state index contributed by atoms with van der Waals surface area (Å²) in [6.07, 6.45) is 7.84. The first-order valence-electron chi connectivity index (χ1n) is 7.26. The van der Waals surface area contributed by atoms with Gasteiger partial charge in [-0.3, -0.25) is 10.1 Å². The number of methoxy groups -OCH3 is 1. The van der Waals surface area contributed by atoms with Crippen LogP contribution < -0.4 is 10.1 Å². The Hall–Kier alpha value is -1.78. The van der Waals surface area contributed by atoms with Gasteiger partial charge >= 0.3 is 0 Å². The van der Waals surface area contributed by atoms with Crippen LogP contribution in [0, 0.1) is 16.0 Å². The molecule has 5 nitrogen and oxygen atoms in total. The molecule has 1 saturated carbocycles. The van der Waals surface area contributed by atoms with Crippen LogP contribution in [0.1, 0.15) is 38.5 Å². The Kier molecular flexibility index (Phi) is 5.21. The maximum absolute atomic E-state index is 10.8. The van der Waals surface area contributed by atoms with E-state index in [4.69, 9.17) is 4.74 Å². The zero-order chi connectivity index (χ0) is 14.4. The van der Waals surface area contributed by atoms with Crippen molar-refractivity contribution in [1.82, 2.24) is 0 Å². The summed E-state index contributed by atoms with van der Waals surface area (Å²) in [6.45, 7) is 0.848. The second kappa shape index (κ2) is 7.12. The Balaban J connectivity index is 1.84. The summed E-state index contributed by atoms with van der Waals surface area (Å²) in [4.78, 5) is 10.5. The lowest BCUT2D eigenvalue weighted by Crippen LogP contribution is -2.05. The standard InChI is InChI=1S/C15H22N2O3/c1-20-15-10-13(9-14(11-15)17(18)19)16-8-4-7-12-5-2-3-6-12/h9-12,16H,2-8H2,1H3. The van der Waals surface area contributed by atoms with Gasteiger partial charge in [-0.05, 0) is 18.8 Å². The lowest BCUT2D eigenvalue weighted by Gasteiger charge is -2.11. The number of nitrogens with zero attached hydrogens (tertiary/aromatic N) is 1. The Labute approximate surface area is 119 Å². The monoisotopic (exact) mass is 278 g/mol. The summed E-state index contributed by atoms with van der Waals surface area (Å²) in [5, 5.41) is 14.1. The molecule has 0 amide bonds. The lowest BCUT2D eigenvalue weighted by molar-refractivity contribution is -0.384. The van der Waals surface area contributed by atoms with E-state index in [0.717, 1.165) is 24.6 Å². The van der Waals surface area contributed by atoms with Crippen molar-refractivity contribution in [2.75, 3.05) is 19.0 Å². The Bertz CT molecular complexity index is 456. The van der Waals surface area contributed by atoms with Gasteiger partial charge < -0.3 is 10.1 Å². The maximum atomic E-state index is 10.8. The second-order valence-corrected chi connectivity index (χ2v) is 5.40. The molecule has 1 aliphatic carbocycles. The molecule has 1 fully saturated rings. The zero-order valence-corrected chi connectivity index (χ0v) is 11.9. The summed E-state index contributed by atoms with van der Waals surface area (Å²) >= 11 is 0. The number of non-ortho nitro benzene ring substituents is 1. The molecule has 1 aromatic carbocycles. The van der Waals surface area contributed by atoms with Gasteiger partial charge in [-0.25, -0.2) is 0 Å². The smallest absolute Gasteiger partial charge is 0.275 e. The van der Waals surface area contributed by atoms with Gasteiger partial charge in [0.25, 0.3) is 5.69 Å². The molecule has 1 aliphatic rings. The first-order valence-corrected chi connectivity index (χ1v) is 7.26. The van der Waals surface area contributed by atoms with Gasteiger partial charge in [-0.2, -0.15) is 0 Å². The van der Waals surface area contributed by atoms with E-state index >= 15 is 0 Å². The molecule has 110 valence electrons. The molecular formula is C15H22N2O3. The molecule has 0 saturated heterocycles. The summed E-state index contributed by atoms with van der Waals surface area (Å²) in [6, 6.07) is 4.78. The molecule has 0 aliphatic heterocycles. The van der Waals surface area contributed by atoms with Gasteiger partial charge in [0.15, 0.2) is 0 Å². The number of hydrogen-bond donors (Lipinski definition) is 1. The van der Waals surface area contributed by atoms with Crippen LogP contribution in [0.15, 0.2) is 18.2 Å². The summed E-state index contributed by atoms with van der Waals surface area (Å²) in [5.74, 6) is 1.40. The highest BCUT2D eigenvalue weighted by molar-refractivity contribution is 5.56. The van der Waals surface area contributed by atoms with Crippen LogP contribution in [0.2, 0.25) is 0 Å². The molecule has 20 heavy (non-hydrogen) atoms. The number of nitro benzene ring substituents is 1. The summed E-state index contributed by atoms with van der Waals surface area (Å²) < 4.78 is 5.09. The van der Waals surface area contributed by atoms with Crippen molar-refractivity contribution in [1.29, 1.82) is 0 Å². The molecule has 5 heteroatoms. The minimum absolute atomic E-state index is 0.0580. The van der Waals surface area contributed by atoms with Gasteiger partial charge in [0.2, 0.25) is 0 Å². The zero-order valence-electron chi connectivity index (χ0n) is 11.9. The van der Waals surface area contributed by atoms with Gasteiger partial charge in [0.05, 0.1) is 18.1 Å². The number of benzene rings is 1. The van der Waals surface area contributed by atoms with Crippen LogP contribution >= 0.6 is 0 Å². The van der Waals surface area contributed by atoms with Gasteiger partial charge in [0.1, 0.15) is 5.75 Å². The Morgan fingerprint density at radius 2 is 2.10 bits per heavy atom. The number of ether oxygens (including phenoxy) is 1. The van der Waals surface area contributed by atoms with Crippen LogP contribution in [-0.2, 0) is 0 Å². The number of rotatable bonds is 7. The highest BCUT2D eigenvalue weighted by Gasteiger charge is 2.14. The molecular weight excluding hydrogens is 256 g/mol. The number of nitro groups is 1. The Morgan fingerprint density at radius 3 is 2.75 bits per heavy atom. The van der Waals surface area contributed by atoms with Gasteiger partial charge in [-0.1, -0.05) is 25.7 Å². The van der Waals surface area contributed by atoms with Gasteiger partial charge in [0, 0.05) is 24.4 Å². The maximum Gasteiger partial charge on any atom is 0.275 e. The van der Waals surface area contributed by atoms with E-state index in [0.29, 0.717) is 5.75 Å². The van der Waals surface area contributed by atoms with Crippen LogP contribution in [0.25, 0.3) is 0 Å². The van der Waals surface area contributed by atoms with Crippen LogP contribution in [0.4, 0.5) is 11.4 Å². The number of anilines is 1. The molecule has 0 bridgehead atoms. The molecule has 2 rings (SSSR count). The number of hydrogen-bond acceptors (Lipinski definition) is 4. The van der Waals surface area contributed by atoms with E-state index in [-0.39, 0.29) is 5.69 Å². The molecule has 0 unspecified atom stereocenters. The summed E-state index contributed by atoms with van der Waals surface area (Å²) in [7, 11) is 1.52. The van der Waals surface area contributed by atoms with E-state index in [1.165, 1.54) is 45.3 Å². The average Bonchev–Trinajstić information content (AvgIpc) is 2.96. The lowest BCUT2D eigenvalue weighted by atomic mass is 10.0. The minimum Gasteiger partial charge on any atom is -0.496 e. The largest absolute Gasteiger partial charge is 0.496 e. The Morgan fingerprint density at radius 1 is 1.35 bits per heavy atom. The van der Waals surface area contributed by atoms with Crippen LogP contribution in [0.3, 0.4) is 0 Å². The quantitative estimate of drug-likeness (QED) is 0.465. The van der Waals surface area contributed by atoms with Crippen molar-refractivity contribution in [2.45, 2.75) is 38.5 Å². The topological polar surface area (TPSA) is 64.4 Å². The fraction of sp³-hybridized carbons (Fsp3) is 0.600. The van der Waals surface area contributed by atoms with Crippen molar-refractivity contribution in [3.63, 3.8) is 0 Å². The van der Waals surface area contributed by atoms with Crippen molar-refractivity contribution >= 4 is 11.4 Å². The molecule has 0 atom stereocenters. The normalized spacial score (nSPS) is 15.2. The third kappa shape index (κ3) is 4.11. The van der Waals surface area contributed by atoms with Crippen LogP contribution in [0.5, 0.6) is 5.75 Å². The highest BCUT2D eigenvalue weighted by atomic mass is 16.6. The third-order valence-corrected chi connectivity index (χ3v) is 3.93. The van der Waals surface area contributed by atoms with Crippen LogP contribution in [-0.4, -0.2) is 18.6 Å².